The minimum atomic E-state index is -0.00672. The number of benzene rings is 3. The van der Waals surface area contributed by atoms with Crippen LogP contribution in [0.1, 0.15) is 35.2 Å². The van der Waals surface area contributed by atoms with Crippen LogP contribution in [0.5, 0.6) is 5.75 Å². The van der Waals surface area contributed by atoms with Crippen molar-refractivity contribution >= 4 is 11.6 Å². The lowest BCUT2D eigenvalue weighted by Gasteiger charge is -2.28. The molecule has 3 aromatic carbocycles. The largest absolute Gasteiger partial charge is 0.497 e. The van der Waals surface area contributed by atoms with E-state index in [9.17, 15) is 0 Å². The van der Waals surface area contributed by atoms with Crippen LogP contribution in [0.15, 0.2) is 91.1 Å². The van der Waals surface area contributed by atoms with Crippen LogP contribution in [0, 0.1) is 0 Å². The molecule has 4 heteroatoms. The Bertz CT molecular complexity index is 924. The van der Waals surface area contributed by atoms with Gasteiger partial charge in [-0.2, -0.15) is 0 Å². The van der Waals surface area contributed by atoms with Crippen molar-refractivity contribution in [3.63, 3.8) is 0 Å². The number of halogens is 1. The fourth-order valence-corrected chi connectivity index (χ4v) is 3.66. The number of likely N-dealkylation sites (N-methyl/N-ethyl adjacent to an activating group) is 1. The van der Waals surface area contributed by atoms with Crippen LogP contribution in [-0.4, -0.2) is 14.2 Å². The first-order valence-corrected chi connectivity index (χ1v) is 10.5. The van der Waals surface area contributed by atoms with E-state index >= 15 is 0 Å². The molecule has 2 atom stereocenters. The predicted octanol–water partition coefficient (Wildman–Crippen LogP) is 6.09. The average molecular weight is 421 g/mol. The van der Waals surface area contributed by atoms with Crippen molar-refractivity contribution in [3.05, 3.63) is 113 Å². The van der Waals surface area contributed by atoms with Crippen LogP contribution in [0.25, 0.3) is 0 Å². The Morgan fingerprint density at radius 2 is 1.60 bits per heavy atom. The van der Waals surface area contributed by atoms with Gasteiger partial charge in [0.15, 0.2) is 0 Å². The molecular formula is C26H29ClN2O. The van der Waals surface area contributed by atoms with Crippen molar-refractivity contribution in [2.45, 2.75) is 24.9 Å². The third kappa shape index (κ3) is 5.88. The van der Waals surface area contributed by atoms with E-state index in [1.807, 2.05) is 37.4 Å². The second kappa shape index (κ2) is 10.9. The van der Waals surface area contributed by atoms with Crippen LogP contribution in [0.4, 0.5) is 0 Å². The summed E-state index contributed by atoms with van der Waals surface area (Å²) in [6, 6.07) is 26.9. The molecule has 3 rings (SSSR count). The zero-order valence-corrected chi connectivity index (χ0v) is 18.3. The third-order valence-electron chi connectivity index (χ3n) is 5.32. The molecule has 0 unspecified atom stereocenters. The van der Waals surface area contributed by atoms with E-state index in [0.29, 0.717) is 0 Å². The highest BCUT2D eigenvalue weighted by Gasteiger charge is 2.20. The van der Waals surface area contributed by atoms with E-state index < -0.39 is 0 Å². The van der Waals surface area contributed by atoms with Crippen molar-refractivity contribution in [1.82, 2.24) is 10.6 Å². The SMILES string of the molecule is C=C(NC)[C@H](N[C@@H](CCc1ccc(OC)cc1)c1ccc(Cl)cc1)c1ccccc1. The maximum Gasteiger partial charge on any atom is 0.118 e. The van der Waals surface area contributed by atoms with Gasteiger partial charge in [0.1, 0.15) is 5.75 Å². The van der Waals surface area contributed by atoms with Crippen LogP contribution in [0.3, 0.4) is 0 Å². The lowest BCUT2D eigenvalue weighted by molar-refractivity contribution is 0.414. The Hall–Kier alpha value is -2.75. The van der Waals surface area contributed by atoms with Gasteiger partial charge in [-0.3, -0.25) is 5.32 Å². The number of ether oxygens (including phenoxy) is 1. The summed E-state index contributed by atoms with van der Waals surface area (Å²) in [5.41, 5.74) is 4.60. The van der Waals surface area contributed by atoms with Gasteiger partial charge in [0.25, 0.3) is 0 Å². The summed E-state index contributed by atoms with van der Waals surface area (Å²) in [7, 11) is 3.60. The van der Waals surface area contributed by atoms with Gasteiger partial charge in [0.05, 0.1) is 13.2 Å². The molecular weight excluding hydrogens is 392 g/mol. The second-order valence-corrected chi connectivity index (χ2v) is 7.71. The molecule has 0 amide bonds. The molecule has 3 nitrogen and oxygen atoms in total. The molecule has 0 saturated carbocycles. The number of hydrogen-bond donors (Lipinski definition) is 2. The molecule has 3 aromatic rings. The first kappa shape index (κ1) is 21.9. The van der Waals surface area contributed by atoms with Crippen molar-refractivity contribution in [3.8, 4) is 5.75 Å². The van der Waals surface area contributed by atoms with Gasteiger partial charge in [-0.15, -0.1) is 0 Å². The second-order valence-electron chi connectivity index (χ2n) is 7.28. The predicted molar refractivity (Wildman–Crippen MR) is 126 cm³/mol. The summed E-state index contributed by atoms with van der Waals surface area (Å²) in [4.78, 5) is 0. The number of methoxy groups -OCH3 is 1. The molecule has 0 aliphatic carbocycles. The number of nitrogens with one attached hydrogen (secondary N) is 2. The van der Waals surface area contributed by atoms with Crippen molar-refractivity contribution in [2.24, 2.45) is 0 Å². The van der Waals surface area contributed by atoms with E-state index in [4.69, 9.17) is 16.3 Å². The fourth-order valence-electron chi connectivity index (χ4n) is 3.53. The van der Waals surface area contributed by atoms with Gasteiger partial charge in [-0.25, -0.2) is 0 Å². The van der Waals surface area contributed by atoms with E-state index in [0.717, 1.165) is 29.3 Å². The minimum absolute atomic E-state index is 0.00672. The quantitative estimate of drug-likeness (QED) is 0.416. The van der Waals surface area contributed by atoms with Gasteiger partial charge in [0.2, 0.25) is 0 Å². The molecule has 0 radical (unpaired) electrons. The highest BCUT2D eigenvalue weighted by Crippen LogP contribution is 2.28. The Kier molecular flexibility index (Phi) is 7.95. The lowest BCUT2D eigenvalue weighted by atomic mass is 9.96. The normalized spacial score (nSPS) is 12.8. The van der Waals surface area contributed by atoms with Crippen LogP contribution < -0.4 is 15.4 Å². The highest BCUT2D eigenvalue weighted by atomic mass is 35.5. The van der Waals surface area contributed by atoms with Crippen LogP contribution in [-0.2, 0) is 6.42 Å². The lowest BCUT2D eigenvalue weighted by Crippen LogP contribution is -2.31. The van der Waals surface area contributed by atoms with Crippen LogP contribution >= 0.6 is 11.6 Å². The van der Waals surface area contributed by atoms with Gasteiger partial charge in [-0.05, 0) is 53.8 Å². The standard InChI is InChI=1S/C26H29ClN2O/c1-19(28-2)26(22-7-5-4-6-8-22)29-25(21-12-14-23(27)15-13-21)18-11-20-9-16-24(30-3)17-10-20/h4-10,12-17,25-26,28-29H,1,11,18H2,2-3H3/t25-,26-/m0/s1. The third-order valence-corrected chi connectivity index (χ3v) is 5.58. The first-order chi connectivity index (χ1) is 14.6. The summed E-state index contributed by atoms with van der Waals surface area (Å²) < 4.78 is 5.27. The molecule has 30 heavy (non-hydrogen) atoms. The van der Waals surface area contributed by atoms with E-state index in [1.54, 1.807) is 7.11 Å². The molecule has 0 fully saturated rings. The Morgan fingerprint density at radius 1 is 0.933 bits per heavy atom. The zero-order valence-electron chi connectivity index (χ0n) is 17.6. The fraction of sp³-hybridized carbons (Fsp3) is 0.231. The molecule has 0 bridgehead atoms. The minimum Gasteiger partial charge on any atom is -0.497 e. The Labute approximate surface area is 184 Å². The summed E-state index contributed by atoms with van der Waals surface area (Å²) in [5.74, 6) is 0.876. The van der Waals surface area contributed by atoms with Crippen molar-refractivity contribution in [2.75, 3.05) is 14.2 Å². The van der Waals surface area contributed by atoms with Crippen LogP contribution in [0.2, 0.25) is 5.02 Å². The Balaban J connectivity index is 1.83. The molecule has 0 aromatic heterocycles. The number of rotatable bonds is 10. The number of hydrogen-bond acceptors (Lipinski definition) is 3. The van der Waals surface area contributed by atoms with Crippen molar-refractivity contribution < 1.29 is 4.74 Å². The summed E-state index contributed by atoms with van der Waals surface area (Å²) in [6.07, 6.45) is 1.88. The molecule has 0 heterocycles. The average Bonchev–Trinajstić information content (AvgIpc) is 2.80. The van der Waals surface area contributed by atoms with Gasteiger partial charge < -0.3 is 10.1 Å². The molecule has 0 saturated heterocycles. The van der Waals surface area contributed by atoms with Gasteiger partial charge in [0, 0.05) is 23.8 Å². The molecule has 156 valence electrons. The van der Waals surface area contributed by atoms with E-state index in [1.165, 1.54) is 16.7 Å². The van der Waals surface area contributed by atoms with E-state index in [-0.39, 0.29) is 12.1 Å². The zero-order chi connectivity index (χ0) is 21.3. The topological polar surface area (TPSA) is 33.3 Å². The smallest absolute Gasteiger partial charge is 0.118 e. The number of aryl methyl sites for hydroxylation is 1. The summed E-state index contributed by atoms with van der Waals surface area (Å²) >= 11 is 6.14. The monoisotopic (exact) mass is 420 g/mol. The molecule has 2 N–H and O–H groups in total. The van der Waals surface area contributed by atoms with Gasteiger partial charge >= 0.3 is 0 Å². The first-order valence-electron chi connectivity index (χ1n) is 10.2. The Morgan fingerprint density at radius 3 is 2.20 bits per heavy atom. The highest BCUT2D eigenvalue weighted by molar-refractivity contribution is 6.30. The van der Waals surface area contributed by atoms with Gasteiger partial charge in [-0.1, -0.05) is 72.8 Å². The van der Waals surface area contributed by atoms with Crippen molar-refractivity contribution in [1.29, 1.82) is 0 Å². The maximum atomic E-state index is 6.14. The summed E-state index contributed by atoms with van der Waals surface area (Å²) in [6.45, 7) is 4.24. The summed E-state index contributed by atoms with van der Waals surface area (Å²) in [5, 5.41) is 7.79. The maximum absolute atomic E-state index is 6.14. The molecule has 0 aliphatic rings. The van der Waals surface area contributed by atoms with E-state index in [2.05, 4.69) is 65.7 Å². The molecule has 0 spiro atoms. The molecule has 0 aliphatic heterocycles.